The van der Waals surface area contributed by atoms with Crippen molar-refractivity contribution in [1.82, 2.24) is 39.6 Å². The maximum atomic E-state index is 15.3. The summed E-state index contributed by atoms with van der Waals surface area (Å²) in [7, 11) is 1.55. The largest absolute Gasteiger partial charge is 0.354 e. The summed E-state index contributed by atoms with van der Waals surface area (Å²) < 4.78 is 31.7. The molecular formula is C23H18F2N8O2. The van der Waals surface area contributed by atoms with E-state index in [9.17, 15) is 14.0 Å². The fourth-order valence-electron chi connectivity index (χ4n) is 4.39. The lowest BCUT2D eigenvalue weighted by Gasteiger charge is -2.16. The van der Waals surface area contributed by atoms with E-state index in [0.717, 1.165) is 27.5 Å². The number of nitrogens with one attached hydrogen (secondary N) is 2. The maximum Gasteiger partial charge on any atom is 0.274 e. The van der Waals surface area contributed by atoms with Crippen LogP contribution in [0.1, 0.15) is 27.3 Å². The molecule has 0 fully saturated rings. The van der Waals surface area contributed by atoms with Gasteiger partial charge in [-0.15, -0.1) is 5.10 Å². The van der Waals surface area contributed by atoms with E-state index in [4.69, 9.17) is 0 Å². The Morgan fingerprint density at radius 3 is 2.74 bits per heavy atom. The molecular weight excluding hydrogens is 458 g/mol. The number of carbonyl (C=O) groups is 1. The van der Waals surface area contributed by atoms with Crippen LogP contribution in [0.2, 0.25) is 0 Å². The summed E-state index contributed by atoms with van der Waals surface area (Å²) in [6, 6.07) is 7.65. The fraction of sp³-hybridized carbons (Fsp3) is 0.174. The number of hydrogen-bond donors (Lipinski definition) is 2. The number of fused-ring (bicyclic) bond motifs is 4. The number of pyridine rings is 1. The first-order valence-electron chi connectivity index (χ1n) is 10.8. The van der Waals surface area contributed by atoms with Gasteiger partial charge in [-0.1, -0.05) is 6.07 Å². The minimum atomic E-state index is -0.808. The molecule has 10 nitrogen and oxygen atoms in total. The first-order valence-corrected chi connectivity index (χ1v) is 10.8. The molecule has 12 heteroatoms. The second-order valence-electron chi connectivity index (χ2n) is 8.32. The monoisotopic (exact) mass is 476 g/mol. The normalized spacial score (nSPS) is 13.6. The molecule has 0 unspecified atom stereocenters. The number of benzene rings is 1. The number of rotatable bonds is 4. The summed E-state index contributed by atoms with van der Waals surface area (Å²) in [6.45, 7) is 1.38. The second kappa shape index (κ2) is 7.81. The quantitative estimate of drug-likeness (QED) is 0.410. The van der Waals surface area contributed by atoms with Gasteiger partial charge in [0.15, 0.2) is 5.82 Å². The Morgan fingerprint density at radius 2 is 2.00 bits per heavy atom. The summed E-state index contributed by atoms with van der Waals surface area (Å²) in [5, 5.41) is 10.8. The van der Waals surface area contributed by atoms with Crippen LogP contribution in [0.25, 0.3) is 22.2 Å². The van der Waals surface area contributed by atoms with Crippen LogP contribution in [0, 0.1) is 11.8 Å². The van der Waals surface area contributed by atoms with Crippen molar-refractivity contribution < 1.29 is 13.6 Å². The molecule has 1 aliphatic rings. The molecule has 0 saturated carbocycles. The summed E-state index contributed by atoms with van der Waals surface area (Å²) in [6.07, 6.45) is 3.47. The van der Waals surface area contributed by atoms with Crippen LogP contribution in [-0.2, 0) is 19.6 Å². The Bertz CT molecular complexity index is 1660. The molecule has 0 saturated heterocycles. The third kappa shape index (κ3) is 3.46. The zero-order valence-corrected chi connectivity index (χ0v) is 18.4. The van der Waals surface area contributed by atoms with Crippen LogP contribution in [0.4, 0.5) is 8.78 Å². The van der Waals surface area contributed by atoms with Gasteiger partial charge in [-0.25, -0.2) is 18.6 Å². The highest BCUT2D eigenvalue weighted by molar-refractivity contribution is 5.92. The summed E-state index contributed by atoms with van der Waals surface area (Å²) in [4.78, 5) is 32.6. The lowest BCUT2D eigenvalue weighted by molar-refractivity contribution is 0.0958. The van der Waals surface area contributed by atoms with E-state index in [2.05, 4.69) is 25.5 Å². The third-order valence-corrected chi connectivity index (χ3v) is 6.09. The predicted molar refractivity (Wildman–Crippen MR) is 121 cm³/mol. The van der Waals surface area contributed by atoms with Gasteiger partial charge in [-0.2, -0.15) is 9.49 Å². The first-order chi connectivity index (χ1) is 16.9. The van der Waals surface area contributed by atoms with Crippen LogP contribution >= 0.6 is 0 Å². The first kappa shape index (κ1) is 21.1. The molecule has 0 spiro atoms. The number of carbonyl (C=O) groups excluding carboxylic acids is 1. The number of H-pyrrole nitrogens is 1. The number of halogens is 2. The average Bonchev–Trinajstić information content (AvgIpc) is 3.54. The van der Waals surface area contributed by atoms with Crippen molar-refractivity contribution in [2.45, 2.75) is 19.6 Å². The SMILES string of the molecule is CNC(=O)c1ccc(-n2cc3c(n2)CN(Cc2ccc4c([nH]c(=O)c5cc(F)nn54)c2F)C3)cn1. The van der Waals surface area contributed by atoms with E-state index in [0.29, 0.717) is 30.9 Å². The lowest BCUT2D eigenvalue weighted by atomic mass is 10.1. The van der Waals surface area contributed by atoms with Gasteiger partial charge in [-0.05, 0) is 18.2 Å². The number of aromatic amines is 1. The van der Waals surface area contributed by atoms with E-state index < -0.39 is 17.3 Å². The highest BCUT2D eigenvalue weighted by atomic mass is 19.1. The highest BCUT2D eigenvalue weighted by Gasteiger charge is 2.25. The number of nitrogens with zero attached hydrogens (tertiary/aromatic N) is 6. The molecule has 0 radical (unpaired) electrons. The van der Waals surface area contributed by atoms with Crippen molar-refractivity contribution in [1.29, 1.82) is 0 Å². The number of hydrogen-bond acceptors (Lipinski definition) is 6. The Labute approximate surface area is 195 Å². The summed E-state index contributed by atoms with van der Waals surface area (Å²) in [5.74, 6) is -1.65. The molecule has 1 aromatic carbocycles. The van der Waals surface area contributed by atoms with Crippen molar-refractivity contribution in [3.8, 4) is 5.69 Å². The minimum absolute atomic E-state index is 0.0158. The van der Waals surface area contributed by atoms with Crippen LogP contribution < -0.4 is 10.9 Å². The van der Waals surface area contributed by atoms with Crippen LogP contribution in [0.5, 0.6) is 0 Å². The van der Waals surface area contributed by atoms with Gasteiger partial charge in [0, 0.05) is 50.1 Å². The van der Waals surface area contributed by atoms with Crippen molar-refractivity contribution in [3.05, 3.63) is 87.4 Å². The average molecular weight is 476 g/mol. The molecule has 0 bridgehead atoms. The molecule has 4 aromatic heterocycles. The van der Waals surface area contributed by atoms with Crippen molar-refractivity contribution in [2.24, 2.45) is 0 Å². The fourth-order valence-corrected chi connectivity index (χ4v) is 4.39. The van der Waals surface area contributed by atoms with E-state index in [-0.39, 0.29) is 22.5 Å². The molecule has 0 atom stereocenters. The van der Waals surface area contributed by atoms with E-state index in [1.807, 2.05) is 11.1 Å². The van der Waals surface area contributed by atoms with Crippen molar-refractivity contribution in [2.75, 3.05) is 7.05 Å². The van der Waals surface area contributed by atoms with E-state index >= 15 is 4.39 Å². The molecule has 6 rings (SSSR count). The molecule has 5 heterocycles. The lowest BCUT2D eigenvalue weighted by Crippen LogP contribution is -2.19. The molecule has 35 heavy (non-hydrogen) atoms. The molecule has 1 aliphatic heterocycles. The third-order valence-electron chi connectivity index (χ3n) is 6.09. The smallest absolute Gasteiger partial charge is 0.274 e. The number of amides is 1. The molecule has 5 aromatic rings. The van der Waals surface area contributed by atoms with Gasteiger partial charge in [0.1, 0.15) is 16.7 Å². The predicted octanol–water partition coefficient (Wildman–Crippen LogP) is 1.91. The molecule has 2 N–H and O–H groups in total. The van der Waals surface area contributed by atoms with E-state index in [1.54, 1.807) is 42.2 Å². The second-order valence-corrected chi connectivity index (χ2v) is 8.32. The number of aromatic nitrogens is 6. The Kier molecular flexibility index (Phi) is 4.71. The molecule has 1 amide bonds. The minimum Gasteiger partial charge on any atom is -0.354 e. The Hall–Kier alpha value is -4.45. The van der Waals surface area contributed by atoms with Crippen molar-refractivity contribution in [3.63, 3.8) is 0 Å². The Morgan fingerprint density at radius 1 is 1.14 bits per heavy atom. The topological polar surface area (TPSA) is 113 Å². The standard InChI is InChI=1S/C23H18F2N8O2/c1-26-22(34)15-4-3-14(7-27-15)32-10-13-9-31(11-16(13)29-32)8-12-2-5-17-21(20(12)25)28-23(35)18-6-19(24)30-33(17)18/h2-7,10H,8-9,11H2,1H3,(H,26,34)(H,28,35). The van der Waals surface area contributed by atoms with Gasteiger partial charge in [0.25, 0.3) is 11.5 Å². The maximum absolute atomic E-state index is 15.3. The molecule has 0 aliphatic carbocycles. The van der Waals surface area contributed by atoms with Crippen LogP contribution in [-0.4, -0.2) is 47.2 Å². The Balaban J connectivity index is 1.23. The zero-order chi connectivity index (χ0) is 24.3. The van der Waals surface area contributed by atoms with Crippen molar-refractivity contribution >= 4 is 22.5 Å². The van der Waals surface area contributed by atoms with Gasteiger partial charge < -0.3 is 10.3 Å². The molecule has 176 valence electrons. The van der Waals surface area contributed by atoms with Gasteiger partial charge in [0.2, 0.25) is 5.95 Å². The van der Waals surface area contributed by atoms with Crippen LogP contribution in [0.15, 0.2) is 47.5 Å². The van der Waals surface area contributed by atoms with Gasteiger partial charge >= 0.3 is 0 Å². The van der Waals surface area contributed by atoms with Gasteiger partial charge in [-0.3, -0.25) is 14.5 Å². The summed E-state index contributed by atoms with van der Waals surface area (Å²) >= 11 is 0. The summed E-state index contributed by atoms with van der Waals surface area (Å²) in [5.41, 5.74) is 2.98. The van der Waals surface area contributed by atoms with Crippen LogP contribution in [0.3, 0.4) is 0 Å². The highest BCUT2D eigenvalue weighted by Crippen LogP contribution is 2.27. The van der Waals surface area contributed by atoms with E-state index in [1.165, 1.54) is 0 Å². The zero-order valence-electron chi connectivity index (χ0n) is 18.4. The van der Waals surface area contributed by atoms with Gasteiger partial charge in [0.05, 0.1) is 23.1 Å².